The number of nitrogens with zero attached hydrogens (tertiary/aromatic N) is 2. The molecule has 0 bridgehead atoms. The van der Waals surface area contributed by atoms with Crippen LogP contribution in [-0.4, -0.2) is 11.0 Å². The number of benzene rings is 5. The smallest absolute Gasteiger partial charge is 0.454 e. The Morgan fingerprint density at radius 1 is 0.614 bits per heavy atom. The summed E-state index contributed by atoms with van der Waals surface area (Å²) in [6.45, 7) is 21.8. The summed E-state index contributed by atoms with van der Waals surface area (Å²) in [5, 5.41) is 5.47. The molecule has 44 heavy (non-hydrogen) atoms. The fraction of sp³-hybridized carbons (Fsp3) is 0.150. The third-order valence-corrected chi connectivity index (χ3v) is 7.18. The Morgan fingerprint density at radius 2 is 1.05 bits per heavy atom. The molecule has 1 heterocycles. The first-order valence-corrected chi connectivity index (χ1v) is 15.2. The summed E-state index contributed by atoms with van der Waals surface area (Å²) in [6.07, 6.45) is 0. The molecule has 0 amide bonds. The van der Waals surface area contributed by atoms with Crippen LogP contribution < -0.4 is 0 Å². The number of aromatic nitrogens is 1. The fourth-order valence-electron chi connectivity index (χ4n) is 4.45. The molecule has 4 heteroatoms. The van der Waals surface area contributed by atoms with E-state index in [1.807, 2.05) is 91.0 Å². The topological polar surface area (TPSA) is 27.0 Å². The summed E-state index contributed by atoms with van der Waals surface area (Å²) in [4.78, 5) is 4.79. The maximum Gasteiger partial charge on any atom is 4.00 e. The predicted molar refractivity (Wildman–Crippen MR) is 190 cm³/mol. The molecule has 0 aliphatic rings. The molecule has 0 fully saturated rings. The summed E-state index contributed by atoms with van der Waals surface area (Å²) in [5.74, 6) is 0. The Hall–Kier alpha value is -3.73. The van der Waals surface area contributed by atoms with Crippen LogP contribution in [0.3, 0.4) is 0 Å². The number of hydrogen-bond acceptors (Lipinski definition) is 2. The Balaban J connectivity index is 0.000000249. The van der Waals surface area contributed by atoms with E-state index in [1.165, 1.54) is 32.5 Å². The Kier molecular flexibility index (Phi) is 15.6. The molecule has 6 aromatic rings. The fourth-order valence-corrected chi connectivity index (χ4v) is 5.45. The first-order valence-electron chi connectivity index (χ1n) is 14.4. The van der Waals surface area contributed by atoms with Gasteiger partial charge in [-0.2, -0.15) is 73.9 Å². The van der Waals surface area contributed by atoms with Gasteiger partial charge in [0.05, 0.1) is 0 Å². The van der Waals surface area contributed by atoms with Crippen LogP contribution in [-0.2, 0) is 25.8 Å². The van der Waals surface area contributed by atoms with E-state index in [-0.39, 0.29) is 31.9 Å². The zero-order valence-corrected chi connectivity index (χ0v) is 31.0. The minimum atomic E-state index is 0. The minimum absolute atomic E-state index is 0. The Bertz CT molecular complexity index is 1550. The van der Waals surface area contributed by atoms with Crippen LogP contribution in [0, 0.1) is 41.5 Å². The number of para-hydroxylation sites is 1. The van der Waals surface area contributed by atoms with E-state index in [0.717, 1.165) is 27.3 Å². The molecule has 0 aliphatic heterocycles. The zero-order valence-electron chi connectivity index (χ0n) is 26.5. The van der Waals surface area contributed by atoms with Crippen molar-refractivity contribution in [1.29, 1.82) is 0 Å². The molecular formula is C40H42HfN2S. The van der Waals surface area contributed by atoms with Crippen LogP contribution in [0.15, 0.2) is 121 Å². The van der Waals surface area contributed by atoms with Gasteiger partial charge in [-0.05, 0) is 65.8 Å². The Morgan fingerprint density at radius 3 is 1.41 bits per heavy atom. The van der Waals surface area contributed by atoms with Crippen molar-refractivity contribution >= 4 is 26.7 Å². The summed E-state index contributed by atoms with van der Waals surface area (Å²) in [6, 6.07) is 40.8. The number of thiazole rings is 1. The molecule has 1 aromatic heterocycles. The van der Waals surface area contributed by atoms with Gasteiger partial charge < -0.3 is 10.3 Å². The molecule has 0 unspecified atom stereocenters. The van der Waals surface area contributed by atoms with E-state index < -0.39 is 0 Å². The van der Waals surface area contributed by atoms with E-state index >= 15 is 0 Å². The molecule has 5 aromatic carbocycles. The van der Waals surface area contributed by atoms with Gasteiger partial charge in [0, 0.05) is 4.70 Å². The molecule has 0 saturated heterocycles. The maximum absolute atomic E-state index is 4.79. The van der Waals surface area contributed by atoms with Crippen molar-refractivity contribution in [2.45, 2.75) is 40.7 Å². The van der Waals surface area contributed by atoms with Gasteiger partial charge in [0.15, 0.2) is 0 Å². The standard InChI is InChI=1S/C19H21N2S.3C7H7.Hf/c1-11(2)20-19-21-18-15(7-6-8-16(18)22-19)17-13(4)9-12(3)10-14(17)5;3*1-7-5-3-2-4-6-7;/h6-11H,1-5H3;3*2-6H,1H2;/q4*-1;+4. The Labute approximate surface area is 288 Å². The normalized spacial score (nSPS) is 9.77. The van der Waals surface area contributed by atoms with Crippen LogP contribution in [0.1, 0.15) is 47.2 Å². The van der Waals surface area contributed by atoms with Crippen molar-refractivity contribution in [3.8, 4) is 11.1 Å². The van der Waals surface area contributed by atoms with Crippen molar-refractivity contribution in [2.75, 3.05) is 0 Å². The third kappa shape index (κ3) is 12.1. The van der Waals surface area contributed by atoms with Gasteiger partial charge in [-0.3, -0.25) is 0 Å². The van der Waals surface area contributed by atoms with Gasteiger partial charge in [-0.1, -0.05) is 61.9 Å². The van der Waals surface area contributed by atoms with Crippen molar-refractivity contribution in [3.63, 3.8) is 0 Å². The van der Waals surface area contributed by atoms with E-state index in [4.69, 9.17) is 4.98 Å². The molecule has 0 aliphatic carbocycles. The SMILES string of the molecule is Cc1cc(C)c(-c2cccc3sc([N-]C(C)C)nc23)c(C)c1.[CH2-]c1ccccc1.[CH2-]c1ccccc1.[CH2-]c1ccccc1.[Hf+4]. The summed E-state index contributed by atoms with van der Waals surface area (Å²) < 4.78 is 1.20. The van der Waals surface area contributed by atoms with Crippen LogP contribution >= 0.6 is 11.3 Å². The first kappa shape index (κ1) is 36.5. The quantitative estimate of drug-likeness (QED) is 0.130. The van der Waals surface area contributed by atoms with Crippen LogP contribution in [0.5, 0.6) is 0 Å². The summed E-state index contributed by atoms with van der Waals surface area (Å²) in [7, 11) is 0. The number of fused-ring (bicyclic) bond motifs is 1. The largest absolute Gasteiger partial charge is 4.00 e. The average molecular weight is 761 g/mol. The van der Waals surface area contributed by atoms with Crippen molar-refractivity contribution in [2.24, 2.45) is 0 Å². The van der Waals surface area contributed by atoms with Gasteiger partial charge in [-0.25, -0.2) is 0 Å². The van der Waals surface area contributed by atoms with Crippen LogP contribution in [0.25, 0.3) is 26.7 Å². The monoisotopic (exact) mass is 762 g/mol. The van der Waals surface area contributed by atoms with Gasteiger partial charge in [0.1, 0.15) is 0 Å². The molecule has 2 nitrogen and oxygen atoms in total. The van der Waals surface area contributed by atoms with Gasteiger partial charge in [0.2, 0.25) is 0 Å². The molecule has 0 spiro atoms. The molecule has 0 saturated carbocycles. The second-order valence-electron chi connectivity index (χ2n) is 10.6. The number of aryl methyl sites for hydroxylation is 3. The van der Waals surface area contributed by atoms with E-state index in [0.29, 0.717) is 0 Å². The summed E-state index contributed by atoms with van der Waals surface area (Å²) in [5.41, 5.74) is 10.7. The third-order valence-electron chi connectivity index (χ3n) is 6.25. The zero-order chi connectivity index (χ0) is 31.2. The molecular weight excluding hydrogens is 719 g/mol. The minimum Gasteiger partial charge on any atom is -0.454 e. The molecule has 0 N–H and O–H groups in total. The molecule has 0 radical (unpaired) electrons. The second-order valence-corrected chi connectivity index (χ2v) is 11.6. The first-order chi connectivity index (χ1) is 20.6. The molecule has 0 atom stereocenters. The number of hydrogen-bond donors (Lipinski definition) is 0. The van der Waals surface area contributed by atoms with Gasteiger partial charge >= 0.3 is 25.8 Å². The van der Waals surface area contributed by atoms with Crippen molar-refractivity contribution in [1.82, 2.24) is 4.98 Å². The average Bonchev–Trinajstić information content (AvgIpc) is 3.37. The van der Waals surface area contributed by atoms with Crippen molar-refractivity contribution in [3.05, 3.63) is 181 Å². The van der Waals surface area contributed by atoms with Crippen LogP contribution in [0.4, 0.5) is 5.13 Å². The number of rotatable bonds is 3. The second kappa shape index (κ2) is 18.8. The van der Waals surface area contributed by atoms with E-state index in [2.05, 4.69) is 91.0 Å². The van der Waals surface area contributed by atoms with Crippen LogP contribution in [0.2, 0.25) is 0 Å². The van der Waals surface area contributed by atoms with E-state index in [9.17, 15) is 0 Å². The predicted octanol–water partition coefficient (Wildman–Crippen LogP) is 11.9. The van der Waals surface area contributed by atoms with E-state index in [1.54, 1.807) is 11.3 Å². The molecule has 222 valence electrons. The summed E-state index contributed by atoms with van der Waals surface area (Å²) >= 11 is 1.67. The molecule has 6 rings (SSSR count). The van der Waals surface area contributed by atoms with Gasteiger partial charge in [0.25, 0.3) is 0 Å². The maximum atomic E-state index is 4.79. The van der Waals surface area contributed by atoms with Gasteiger partial charge in [-0.15, -0.1) is 47.7 Å². The van der Waals surface area contributed by atoms with Crippen molar-refractivity contribution < 1.29 is 25.8 Å².